The molecular weight excluding hydrogens is 352 g/mol. The molecule has 0 spiro atoms. The van der Waals surface area contributed by atoms with Crippen molar-refractivity contribution in [1.29, 1.82) is 0 Å². The maximum Gasteiger partial charge on any atom is 0.237 e. The van der Waals surface area contributed by atoms with Crippen LogP contribution in [0.5, 0.6) is 0 Å². The molecule has 0 radical (unpaired) electrons. The lowest BCUT2D eigenvalue weighted by Gasteiger charge is -2.38. The maximum absolute atomic E-state index is 13.2. The second-order valence-electron chi connectivity index (χ2n) is 10.5. The zero-order valence-electron chi connectivity index (χ0n) is 19.0. The third kappa shape index (κ3) is 8.79. The van der Waals surface area contributed by atoms with E-state index < -0.39 is 0 Å². The normalized spacial score (nSPS) is 23.4. The first kappa shape index (κ1) is 23.6. The zero-order valence-corrected chi connectivity index (χ0v) is 19.0. The zero-order chi connectivity index (χ0) is 20.6. The van der Waals surface area contributed by atoms with Gasteiger partial charge in [0, 0.05) is 18.8 Å². The molecule has 2 aliphatic heterocycles. The molecule has 1 amide bonds. The van der Waals surface area contributed by atoms with Crippen molar-refractivity contribution >= 4 is 5.91 Å². The third-order valence-corrected chi connectivity index (χ3v) is 5.63. The fourth-order valence-electron chi connectivity index (χ4n) is 4.83. The fraction of sp³-hybridized carbons (Fsp3) is 0.957. The Hall–Kier alpha value is -0.650. The highest BCUT2D eigenvalue weighted by Gasteiger charge is 2.32. The van der Waals surface area contributed by atoms with Gasteiger partial charge in [0.1, 0.15) is 0 Å². The van der Waals surface area contributed by atoms with Crippen LogP contribution in [-0.2, 0) is 14.3 Å². The van der Waals surface area contributed by atoms with Gasteiger partial charge in [-0.25, -0.2) is 0 Å². The lowest BCUT2D eigenvalue weighted by atomic mass is 9.81. The van der Waals surface area contributed by atoms with Gasteiger partial charge >= 0.3 is 0 Å². The van der Waals surface area contributed by atoms with Crippen LogP contribution < -0.4 is 5.32 Å². The topological polar surface area (TPSA) is 50.8 Å². The predicted octanol–water partition coefficient (Wildman–Crippen LogP) is 4.50. The van der Waals surface area contributed by atoms with Crippen molar-refractivity contribution in [2.45, 2.75) is 110 Å². The van der Waals surface area contributed by atoms with Crippen molar-refractivity contribution in [3.63, 3.8) is 0 Å². The number of rotatable bonds is 9. The van der Waals surface area contributed by atoms with Crippen LogP contribution in [0.4, 0.5) is 0 Å². The molecule has 5 heteroatoms. The summed E-state index contributed by atoms with van der Waals surface area (Å²) in [4.78, 5) is 15.6. The molecule has 0 bridgehead atoms. The molecule has 2 fully saturated rings. The molecule has 2 aliphatic rings. The number of carbonyl (C=O) groups is 1. The van der Waals surface area contributed by atoms with Crippen LogP contribution in [0.25, 0.3) is 0 Å². The molecule has 0 aromatic heterocycles. The first-order valence-electron chi connectivity index (χ1n) is 11.5. The molecule has 2 heterocycles. The Balaban J connectivity index is 1.87. The Morgan fingerprint density at radius 1 is 1.11 bits per heavy atom. The van der Waals surface area contributed by atoms with Gasteiger partial charge in [-0.2, -0.15) is 0 Å². The molecule has 0 aromatic carbocycles. The molecule has 1 N–H and O–H groups in total. The lowest BCUT2D eigenvalue weighted by Crippen LogP contribution is -2.55. The average molecular weight is 397 g/mol. The predicted molar refractivity (Wildman–Crippen MR) is 114 cm³/mol. The lowest BCUT2D eigenvalue weighted by molar-refractivity contribution is -0.163. The summed E-state index contributed by atoms with van der Waals surface area (Å²) < 4.78 is 11.5. The van der Waals surface area contributed by atoms with Crippen LogP contribution in [-0.4, -0.2) is 55.0 Å². The van der Waals surface area contributed by atoms with E-state index in [2.05, 4.69) is 44.8 Å². The van der Waals surface area contributed by atoms with Gasteiger partial charge in [-0.3, -0.25) is 9.69 Å². The minimum absolute atomic E-state index is 0.0401. The molecule has 2 unspecified atom stereocenters. The van der Waals surface area contributed by atoms with Gasteiger partial charge in [0.2, 0.25) is 5.91 Å². The Morgan fingerprint density at radius 3 is 2.43 bits per heavy atom. The summed E-state index contributed by atoms with van der Waals surface area (Å²) in [6.07, 6.45) is 9.66. The second-order valence-corrected chi connectivity index (χ2v) is 10.5. The molecule has 2 saturated heterocycles. The van der Waals surface area contributed by atoms with E-state index in [0.717, 1.165) is 51.8 Å². The molecular formula is C23H44N2O3. The SMILES string of the molecule is CC(C)(C)CC(C)(C)NC(=O)C(CCCOC1CCCCO1)N1CCCCC1. The standard InChI is InChI=1S/C23H44N2O3/c1-22(2,3)18-23(4,5)24-21(26)19(25-14-8-6-9-15-25)12-11-17-28-20-13-7-10-16-27-20/h19-20H,6-18H2,1-5H3,(H,24,26). The summed E-state index contributed by atoms with van der Waals surface area (Å²) in [5.74, 6) is 0.185. The molecule has 2 atom stereocenters. The van der Waals surface area contributed by atoms with Gasteiger partial charge in [-0.05, 0) is 83.7 Å². The van der Waals surface area contributed by atoms with Crippen LogP contribution in [0.2, 0.25) is 0 Å². The number of hydrogen-bond acceptors (Lipinski definition) is 4. The Bertz CT molecular complexity index is 461. The van der Waals surface area contributed by atoms with Crippen molar-refractivity contribution in [2.24, 2.45) is 5.41 Å². The van der Waals surface area contributed by atoms with E-state index in [1.807, 2.05) is 0 Å². The molecule has 28 heavy (non-hydrogen) atoms. The summed E-state index contributed by atoms with van der Waals surface area (Å²) in [6.45, 7) is 14.5. The highest BCUT2D eigenvalue weighted by atomic mass is 16.7. The van der Waals surface area contributed by atoms with E-state index in [4.69, 9.17) is 9.47 Å². The van der Waals surface area contributed by atoms with Crippen LogP contribution in [0.3, 0.4) is 0 Å². The van der Waals surface area contributed by atoms with Gasteiger partial charge in [0.15, 0.2) is 6.29 Å². The summed E-state index contributed by atoms with van der Waals surface area (Å²) in [6, 6.07) is -0.0459. The van der Waals surface area contributed by atoms with E-state index in [-0.39, 0.29) is 29.2 Å². The summed E-state index contributed by atoms with van der Waals surface area (Å²) >= 11 is 0. The number of likely N-dealkylation sites (tertiary alicyclic amines) is 1. The van der Waals surface area contributed by atoms with Gasteiger partial charge in [0.05, 0.1) is 6.04 Å². The van der Waals surface area contributed by atoms with E-state index in [1.165, 1.54) is 25.7 Å². The molecule has 2 rings (SSSR count). The number of piperidine rings is 1. The van der Waals surface area contributed by atoms with Gasteiger partial charge in [-0.15, -0.1) is 0 Å². The van der Waals surface area contributed by atoms with Crippen molar-refractivity contribution in [3.8, 4) is 0 Å². The second kappa shape index (κ2) is 10.9. The third-order valence-electron chi connectivity index (χ3n) is 5.63. The smallest absolute Gasteiger partial charge is 0.237 e. The maximum atomic E-state index is 13.2. The monoisotopic (exact) mass is 396 g/mol. The first-order chi connectivity index (χ1) is 13.2. The number of nitrogens with one attached hydrogen (secondary N) is 1. The molecule has 164 valence electrons. The van der Waals surface area contributed by atoms with Gasteiger partial charge in [0.25, 0.3) is 0 Å². The number of ether oxygens (including phenoxy) is 2. The number of carbonyl (C=O) groups excluding carboxylic acids is 1. The molecule has 0 aromatic rings. The molecule has 5 nitrogen and oxygen atoms in total. The Kier molecular flexibility index (Phi) is 9.23. The molecule has 0 saturated carbocycles. The number of hydrogen-bond donors (Lipinski definition) is 1. The highest BCUT2D eigenvalue weighted by Crippen LogP contribution is 2.27. The van der Waals surface area contributed by atoms with E-state index in [0.29, 0.717) is 6.61 Å². The minimum Gasteiger partial charge on any atom is -0.353 e. The van der Waals surface area contributed by atoms with Crippen molar-refractivity contribution in [1.82, 2.24) is 10.2 Å². The molecule has 0 aliphatic carbocycles. The van der Waals surface area contributed by atoms with Crippen molar-refractivity contribution < 1.29 is 14.3 Å². The highest BCUT2D eigenvalue weighted by molar-refractivity contribution is 5.82. The van der Waals surface area contributed by atoms with E-state index >= 15 is 0 Å². The van der Waals surface area contributed by atoms with Crippen LogP contribution in [0.1, 0.15) is 92.4 Å². The minimum atomic E-state index is -0.199. The van der Waals surface area contributed by atoms with Crippen LogP contribution in [0, 0.1) is 5.41 Å². The quantitative estimate of drug-likeness (QED) is 0.583. The van der Waals surface area contributed by atoms with Crippen LogP contribution in [0.15, 0.2) is 0 Å². The van der Waals surface area contributed by atoms with Gasteiger partial charge in [-0.1, -0.05) is 27.2 Å². The fourth-order valence-corrected chi connectivity index (χ4v) is 4.83. The van der Waals surface area contributed by atoms with E-state index in [9.17, 15) is 4.79 Å². The largest absolute Gasteiger partial charge is 0.353 e. The Labute approximate surface area is 172 Å². The average Bonchev–Trinajstić information content (AvgIpc) is 2.60. The number of amides is 1. The summed E-state index contributed by atoms with van der Waals surface area (Å²) in [7, 11) is 0. The van der Waals surface area contributed by atoms with Crippen molar-refractivity contribution in [3.05, 3.63) is 0 Å². The number of nitrogens with zero attached hydrogens (tertiary/aromatic N) is 1. The van der Waals surface area contributed by atoms with Gasteiger partial charge < -0.3 is 14.8 Å². The van der Waals surface area contributed by atoms with Crippen LogP contribution >= 0.6 is 0 Å². The van der Waals surface area contributed by atoms with Crippen molar-refractivity contribution in [2.75, 3.05) is 26.3 Å². The summed E-state index contributed by atoms with van der Waals surface area (Å²) in [5, 5.41) is 3.35. The summed E-state index contributed by atoms with van der Waals surface area (Å²) in [5.41, 5.74) is -0.0129. The van der Waals surface area contributed by atoms with E-state index in [1.54, 1.807) is 0 Å². The first-order valence-corrected chi connectivity index (χ1v) is 11.5. The Morgan fingerprint density at radius 2 is 1.82 bits per heavy atom.